The van der Waals surface area contributed by atoms with Crippen molar-refractivity contribution in [2.24, 2.45) is 0 Å². The Bertz CT molecular complexity index is 780. The van der Waals surface area contributed by atoms with Crippen molar-refractivity contribution in [2.75, 3.05) is 6.61 Å². The summed E-state index contributed by atoms with van der Waals surface area (Å²) in [4.78, 5) is 16.3. The summed E-state index contributed by atoms with van der Waals surface area (Å²) in [5.74, 6) is 0.518. The Labute approximate surface area is 133 Å². The highest BCUT2D eigenvalue weighted by Crippen LogP contribution is 2.34. The summed E-state index contributed by atoms with van der Waals surface area (Å²) < 4.78 is 5.17. The molecule has 0 spiro atoms. The Kier molecular flexibility index (Phi) is 4.49. The molecule has 4 heteroatoms. The number of nitrogens with one attached hydrogen (secondary N) is 1. The maximum absolute atomic E-state index is 12.2. The largest absolute Gasteiger partial charge is 0.461 e. The molecule has 0 radical (unpaired) electrons. The standard InChI is InChI=1S/C18H17NO2S/c1-2-21-18(20)16-17(14-10-6-7-11-15(14)19-16)22-12-13-8-4-3-5-9-13/h3-11,19H,2,12H2,1H3. The summed E-state index contributed by atoms with van der Waals surface area (Å²) in [5.41, 5.74) is 2.73. The second-order valence-corrected chi connectivity index (χ2v) is 5.86. The van der Waals surface area contributed by atoms with Crippen molar-refractivity contribution in [2.45, 2.75) is 17.6 Å². The van der Waals surface area contributed by atoms with Gasteiger partial charge in [-0.05, 0) is 18.6 Å². The number of hydrogen-bond acceptors (Lipinski definition) is 3. The molecule has 0 amide bonds. The number of fused-ring (bicyclic) bond motifs is 1. The first-order valence-corrected chi connectivity index (χ1v) is 8.22. The molecule has 0 aliphatic carbocycles. The number of esters is 1. The van der Waals surface area contributed by atoms with E-state index >= 15 is 0 Å². The van der Waals surface area contributed by atoms with Crippen LogP contribution in [-0.2, 0) is 10.5 Å². The van der Waals surface area contributed by atoms with E-state index in [2.05, 4.69) is 17.1 Å². The van der Waals surface area contributed by atoms with E-state index < -0.39 is 0 Å². The lowest BCUT2D eigenvalue weighted by Crippen LogP contribution is -2.06. The van der Waals surface area contributed by atoms with Gasteiger partial charge in [0.15, 0.2) is 0 Å². The second kappa shape index (κ2) is 6.71. The lowest BCUT2D eigenvalue weighted by Gasteiger charge is -2.05. The van der Waals surface area contributed by atoms with Crippen LogP contribution in [0.4, 0.5) is 0 Å². The fraction of sp³-hybridized carbons (Fsp3) is 0.167. The van der Waals surface area contributed by atoms with E-state index in [1.54, 1.807) is 11.8 Å². The molecule has 0 saturated carbocycles. The lowest BCUT2D eigenvalue weighted by atomic mass is 10.2. The normalized spacial score (nSPS) is 10.8. The van der Waals surface area contributed by atoms with E-state index in [-0.39, 0.29) is 5.97 Å². The van der Waals surface area contributed by atoms with Crippen molar-refractivity contribution in [1.29, 1.82) is 0 Å². The molecule has 3 aromatic rings. The average molecular weight is 311 g/mol. The monoisotopic (exact) mass is 311 g/mol. The van der Waals surface area contributed by atoms with E-state index in [0.717, 1.165) is 21.6 Å². The fourth-order valence-electron chi connectivity index (χ4n) is 2.34. The zero-order chi connectivity index (χ0) is 15.4. The van der Waals surface area contributed by atoms with Crippen LogP contribution >= 0.6 is 11.8 Å². The van der Waals surface area contributed by atoms with Crippen molar-refractivity contribution in [3.8, 4) is 0 Å². The smallest absolute Gasteiger partial charge is 0.355 e. The maximum atomic E-state index is 12.2. The summed E-state index contributed by atoms with van der Waals surface area (Å²) >= 11 is 1.66. The van der Waals surface area contributed by atoms with Crippen LogP contribution in [0.1, 0.15) is 23.0 Å². The number of para-hydroxylation sites is 1. The number of H-pyrrole nitrogens is 1. The molecule has 1 N–H and O–H groups in total. The van der Waals surface area contributed by atoms with Gasteiger partial charge in [-0.15, -0.1) is 11.8 Å². The molecule has 1 heterocycles. The van der Waals surface area contributed by atoms with Crippen molar-refractivity contribution in [3.05, 3.63) is 65.9 Å². The predicted molar refractivity (Wildman–Crippen MR) is 90.3 cm³/mol. The topological polar surface area (TPSA) is 42.1 Å². The van der Waals surface area contributed by atoms with Gasteiger partial charge in [-0.1, -0.05) is 48.5 Å². The Hall–Kier alpha value is -2.20. The van der Waals surface area contributed by atoms with Gasteiger partial charge in [0.25, 0.3) is 0 Å². The maximum Gasteiger partial charge on any atom is 0.355 e. The number of aromatic amines is 1. The molecule has 22 heavy (non-hydrogen) atoms. The van der Waals surface area contributed by atoms with Gasteiger partial charge in [-0.3, -0.25) is 0 Å². The summed E-state index contributed by atoms with van der Waals surface area (Å²) in [5, 5.41) is 1.06. The number of hydrogen-bond donors (Lipinski definition) is 1. The summed E-state index contributed by atoms with van der Waals surface area (Å²) in [7, 11) is 0. The Morgan fingerprint density at radius 1 is 1.09 bits per heavy atom. The van der Waals surface area contributed by atoms with Crippen molar-refractivity contribution < 1.29 is 9.53 Å². The molecule has 0 bridgehead atoms. The SMILES string of the molecule is CCOC(=O)c1[nH]c2ccccc2c1SCc1ccccc1. The van der Waals surface area contributed by atoms with Gasteiger partial charge >= 0.3 is 5.97 Å². The molecule has 0 atom stereocenters. The van der Waals surface area contributed by atoms with Crippen LogP contribution in [0.5, 0.6) is 0 Å². The molecular weight excluding hydrogens is 294 g/mol. The zero-order valence-electron chi connectivity index (χ0n) is 12.3. The van der Waals surface area contributed by atoms with Gasteiger partial charge in [0.05, 0.1) is 6.61 Å². The number of carbonyl (C=O) groups is 1. The summed E-state index contributed by atoms with van der Waals surface area (Å²) in [6.07, 6.45) is 0. The van der Waals surface area contributed by atoms with Crippen LogP contribution in [0.3, 0.4) is 0 Å². The minimum atomic E-state index is -0.297. The van der Waals surface area contributed by atoms with Gasteiger partial charge in [-0.2, -0.15) is 0 Å². The quantitative estimate of drug-likeness (QED) is 0.551. The molecule has 0 aliphatic heterocycles. The van der Waals surface area contributed by atoms with E-state index in [1.807, 2.05) is 49.4 Å². The van der Waals surface area contributed by atoms with Gasteiger partial charge < -0.3 is 9.72 Å². The first-order chi connectivity index (χ1) is 10.8. The van der Waals surface area contributed by atoms with Gasteiger partial charge in [0, 0.05) is 21.6 Å². The molecule has 3 nitrogen and oxygen atoms in total. The Balaban J connectivity index is 1.95. The highest BCUT2D eigenvalue weighted by Gasteiger charge is 2.19. The first-order valence-electron chi connectivity index (χ1n) is 7.24. The minimum Gasteiger partial charge on any atom is -0.461 e. The Morgan fingerprint density at radius 3 is 2.59 bits per heavy atom. The van der Waals surface area contributed by atoms with Gasteiger partial charge in [0.2, 0.25) is 0 Å². The lowest BCUT2D eigenvalue weighted by molar-refractivity contribution is 0.0516. The number of ether oxygens (including phenoxy) is 1. The number of aromatic nitrogens is 1. The minimum absolute atomic E-state index is 0.297. The molecule has 0 aliphatic rings. The van der Waals surface area contributed by atoms with Crippen LogP contribution in [0, 0.1) is 0 Å². The van der Waals surface area contributed by atoms with Crippen LogP contribution in [-0.4, -0.2) is 17.6 Å². The Morgan fingerprint density at radius 2 is 1.82 bits per heavy atom. The zero-order valence-corrected chi connectivity index (χ0v) is 13.2. The van der Waals surface area contributed by atoms with Crippen LogP contribution < -0.4 is 0 Å². The van der Waals surface area contributed by atoms with Crippen molar-refractivity contribution >= 4 is 28.6 Å². The predicted octanol–water partition coefficient (Wildman–Crippen LogP) is 4.64. The molecule has 2 aromatic carbocycles. The third kappa shape index (κ3) is 3.02. The number of benzene rings is 2. The molecule has 0 saturated heterocycles. The van der Waals surface area contributed by atoms with Gasteiger partial charge in [-0.25, -0.2) is 4.79 Å². The molecule has 1 aromatic heterocycles. The summed E-state index contributed by atoms with van der Waals surface area (Å²) in [6.45, 7) is 2.19. The molecule has 0 unspecified atom stereocenters. The number of thioether (sulfide) groups is 1. The van der Waals surface area contributed by atoms with Crippen molar-refractivity contribution in [3.63, 3.8) is 0 Å². The van der Waals surface area contributed by atoms with Crippen LogP contribution in [0.25, 0.3) is 10.9 Å². The van der Waals surface area contributed by atoms with Crippen molar-refractivity contribution in [1.82, 2.24) is 4.98 Å². The highest BCUT2D eigenvalue weighted by molar-refractivity contribution is 7.98. The first kappa shape index (κ1) is 14.7. The third-order valence-corrected chi connectivity index (χ3v) is 4.55. The molecule has 0 fully saturated rings. The fourth-order valence-corrected chi connectivity index (χ4v) is 3.46. The molecule has 3 rings (SSSR count). The average Bonchev–Trinajstić information content (AvgIpc) is 2.93. The van der Waals surface area contributed by atoms with E-state index in [4.69, 9.17) is 4.74 Å². The van der Waals surface area contributed by atoms with Crippen LogP contribution in [0.2, 0.25) is 0 Å². The van der Waals surface area contributed by atoms with E-state index in [1.165, 1.54) is 5.56 Å². The third-order valence-electron chi connectivity index (χ3n) is 3.36. The summed E-state index contributed by atoms with van der Waals surface area (Å²) in [6, 6.07) is 18.2. The highest BCUT2D eigenvalue weighted by atomic mass is 32.2. The van der Waals surface area contributed by atoms with E-state index in [0.29, 0.717) is 12.3 Å². The molecule has 112 valence electrons. The van der Waals surface area contributed by atoms with Gasteiger partial charge in [0.1, 0.15) is 5.69 Å². The van der Waals surface area contributed by atoms with E-state index in [9.17, 15) is 4.79 Å². The number of rotatable bonds is 5. The van der Waals surface area contributed by atoms with Crippen LogP contribution in [0.15, 0.2) is 59.5 Å². The molecular formula is C18H17NO2S. The number of carbonyl (C=O) groups excluding carboxylic acids is 1. The second-order valence-electron chi connectivity index (χ2n) is 4.87.